The molecule has 0 radical (unpaired) electrons. The first-order valence-corrected chi connectivity index (χ1v) is 6.20. The summed E-state index contributed by atoms with van der Waals surface area (Å²) in [5.41, 5.74) is -0.173. The molecule has 0 unspecified atom stereocenters. The molecule has 0 N–H and O–H groups in total. The Balaban J connectivity index is 2.02. The van der Waals surface area contributed by atoms with Crippen molar-refractivity contribution in [2.24, 2.45) is 0 Å². The zero-order chi connectivity index (χ0) is 11.6. The first-order chi connectivity index (χ1) is 7.66. The number of nitrogens with zero attached hydrogens (tertiary/aromatic N) is 4. The minimum atomic E-state index is -0.173. The van der Waals surface area contributed by atoms with Crippen molar-refractivity contribution in [3.05, 3.63) is 0 Å². The van der Waals surface area contributed by atoms with E-state index in [1.54, 1.807) is 0 Å². The molecule has 0 aromatic rings. The number of piperidine rings is 1. The highest BCUT2D eigenvalue weighted by Gasteiger charge is 2.40. The second kappa shape index (κ2) is 4.70. The van der Waals surface area contributed by atoms with Crippen LogP contribution in [-0.2, 0) is 0 Å². The van der Waals surface area contributed by atoms with Gasteiger partial charge in [-0.25, -0.2) is 0 Å². The molecule has 0 aliphatic carbocycles. The highest BCUT2D eigenvalue weighted by Crippen LogP contribution is 2.28. The van der Waals surface area contributed by atoms with E-state index in [9.17, 15) is 5.26 Å². The van der Waals surface area contributed by atoms with Gasteiger partial charge in [0, 0.05) is 39.3 Å². The molecule has 2 rings (SSSR count). The lowest BCUT2D eigenvalue weighted by molar-refractivity contribution is 0.0334. The molecule has 0 bridgehead atoms. The lowest BCUT2D eigenvalue weighted by atomic mass is 9.86. The van der Waals surface area contributed by atoms with Crippen molar-refractivity contribution >= 4 is 0 Å². The van der Waals surface area contributed by atoms with E-state index in [2.05, 4.69) is 34.9 Å². The topological polar surface area (TPSA) is 33.5 Å². The van der Waals surface area contributed by atoms with Gasteiger partial charge in [0.15, 0.2) is 0 Å². The summed E-state index contributed by atoms with van der Waals surface area (Å²) in [6.45, 7) is 6.40. The van der Waals surface area contributed by atoms with Crippen LogP contribution in [0.1, 0.15) is 12.8 Å². The normalized spacial score (nSPS) is 28.8. The lowest BCUT2D eigenvalue weighted by Crippen LogP contribution is -2.59. The summed E-state index contributed by atoms with van der Waals surface area (Å²) in [5, 5.41) is 9.52. The van der Waals surface area contributed by atoms with E-state index < -0.39 is 0 Å². The fourth-order valence-corrected chi connectivity index (χ4v) is 2.72. The van der Waals surface area contributed by atoms with E-state index in [1.165, 1.54) is 0 Å². The standard InChI is InChI=1S/C12H22N4/c1-14-5-3-12(11-13,4-6-14)16-9-7-15(2)8-10-16/h3-10H2,1-2H3. The third-order valence-corrected chi connectivity index (χ3v) is 4.13. The van der Waals surface area contributed by atoms with E-state index in [4.69, 9.17) is 0 Å². The quantitative estimate of drug-likeness (QED) is 0.635. The number of hydrogen-bond donors (Lipinski definition) is 0. The van der Waals surface area contributed by atoms with Crippen molar-refractivity contribution in [2.75, 3.05) is 53.4 Å². The van der Waals surface area contributed by atoms with Crippen LogP contribution < -0.4 is 0 Å². The van der Waals surface area contributed by atoms with Gasteiger partial charge >= 0.3 is 0 Å². The lowest BCUT2D eigenvalue weighted by Gasteiger charge is -2.46. The van der Waals surface area contributed by atoms with Crippen LogP contribution in [0.25, 0.3) is 0 Å². The van der Waals surface area contributed by atoms with E-state index in [0.717, 1.165) is 52.1 Å². The average Bonchev–Trinajstić information content (AvgIpc) is 2.32. The highest BCUT2D eigenvalue weighted by molar-refractivity contribution is 5.11. The fraction of sp³-hybridized carbons (Fsp3) is 0.917. The number of rotatable bonds is 1. The van der Waals surface area contributed by atoms with Gasteiger partial charge in [-0.15, -0.1) is 0 Å². The maximum Gasteiger partial charge on any atom is 0.111 e. The Kier molecular flexibility index (Phi) is 3.48. The number of likely N-dealkylation sites (tertiary alicyclic amines) is 1. The molecule has 0 aromatic heterocycles. The van der Waals surface area contributed by atoms with E-state index in [-0.39, 0.29) is 5.54 Å². The Labute approximate surface area is 98.4 Å². The molecule has 0 saturated carbocycles. The summed E-state index contributed by atoms with van der Waals surface area (Å²) >= 11 is 0. The molecule has 0 amide bonds. The number of piperazine rings is 1. The molecular formula is C12H22N4. The first-order valence-electron chi connectivity index (χ1n) is 6.20. The summed E-state index contributed by atoms with van der Waals surface area (Å²) < 4.78 is 0. The smallest absolute Gasteiger partial charge is 0.111 e. The average molecular weight is 222 g/mol. The molecule has 0 spiro atoms. The molecule has 2 saturated heterocycles. The van der Waals surface area contributed by atoms with E-state index >= 15 is 0 Å². The monoisotopic (exact) mass is 222 g/mol. The maximum absolute atomic E-state index is 9.52. The molecule has 0 aromatic carbocycles. The predicted molar refractivity (Wildman–Crippen MR) is 64.1 cm³/mol. The van der Waals surface area contributed by atoms with Gasteiger partial charge < -0.3 is 9.80 Å². The Hall–Kier alpha value is -0.630. The van der Waals surface area contributed by atoms with Crippen LogP contribution in [-0.4, -0.2) is 73.6 Å². The summed E-state index contributed by atoms with van der Waals surface area (Å²) in [7, 11) is 4.30. The van der Waals surface area contributed by atoms with Crippen LogP contribution in [0.15, 0.2) is 0 Å². The van der Waals surface area contributed by atoms with Crippen molar-refractivity contribution in [1.82, 2.24) is 14.7 Å². The van der Waals surface area contributed by atoms with Crippen LogP contribution in [0.5, 0.6) is 0 Å². The Morgan fingerprint density at radius 1 is 0.875 bits per heavy atom. The Bertz CT molecular complexity index is 267. The Morgan fingerprint density at radius 3 is 1.88 bits per heavy atom. The van der Waals surface area contributed by atoms with Gasteiger partial charge in [-0.1, -0.05) is 0 Å². The number of nitriles is 1. The molecule has 90 valence electrons. The van der Waals surface area contributed by atoms with Gasteiger partial charge in [0.2, 0.25) is 0 Å². The van der Waals surface area contributed by atoms with Crippen molar-refractivity contribution in [3.63, 3.8) is 0 Å². The van der Waals surface area contributed by atoms with Crippen molar-refractivity contribution in [1.29, 1.82) is 5.26 Å². The first kappa shape index (κ1) is 11.8. The second-order valence-corrected chi connectivity index (χ2v) is 5.24. The predicted octanol–water partition coefficient (Wildman–Crippen LogP) is 0.222. The Morgan fingerprint density at radius 2 is 1.38 bits per heavy atom. The molecule has 2 fully saturated rings. The van der Waals surface area contributed by atoms with Crippen molar-refractivity contribution in [3.8, 4) is 6.07 Å². The maximum atomic E-state index is 9.52. The zero-order valence-electron chi connectivity index (χ0n) is 10.4. The molecule has 2 aliphatic rings. The van der Waals surface area contributed by atoms with Crippen LogP contribution in [0.4, 0.5) is 0 Å². The SMILES string of the molecule is CN1CCN(C2(C#N)CCN(C)CC2)CC1. The summed E-state index contributed by atoms with van der Waals surface area (Å²) in [6, 6.07) is 2.60. The minimum Gasteiger partial charge on any atom is -0.306 e. The van der Waals surface area contributed by atoms with Gasteiger partial charge in [0.25, 0.3) is 0 Å². The fourth-order valence-electron chi connectivity index (χ4n) is 2.72. The van der Waals surface area contributed by atoms with Crippen molar-refractivity contribution < 1.29 is 0 Å². The zero-order valence-corrected chi connectivity index (χ0v) is 10.4. The molecular weight excluding hydrogens is 200 g/mol. The number of likely N-dealkylation sites (N-methyl/N-ethyl adjacent to an activating group) is 1. The van der Waals surface area contributed by atoms with Gasteiger partial charge in [-0.2, -0.15) is 5.26 Å². The van der Waals surface area contributed by atoms with Gasteiger partial charge in [-0.05, 0) is 26.9 Å². The van der Waals surface area contributed by atoms with Crippen LogP contribution in [0, 0.1) is 11.3 Å². The largest absolute Gasteiger partial charge is 0.306 e. The van der Waals surface area contributed by atoms with Gasteiger partial charge in [0.05, 0.1) is 6.07 Å². The van der Waals surface area contributed by atoms with E-state index in [1.807, 2.05) is 0 Å². The summed E-state index contributed by atoms with van der Waals surface area (Å²) in [5.74, 6) is 0. The molecule has 4 nitrogen and oxygen atoms in total. The summed E-state index contributed by atoms with van der Waals surface area (Å²) in [4.78, 5) is 7.09. The number of hydrogen-bond acceptors (Lipinski definition) is 4. The molecule has 2 aliphatic heterocycles. The molecule has 16 heavy (non-hydrogen) atoms. The molecule has 0 atom stereocenters. The summed E-state index contributed by atoms with van der Waals surface area (Å²) in [6.07, 6.45) is 2.01. The highest BCUT2D eigenvalue weighted by atomic mass is 15.3. The van der Waals surface area contributed by atoms with Crippen molar-refractivity contribution in [2.45, 2.75) is 18.4 Å². The van der Waals surface area contributed by atoms with Crippen LogP contribution >= 0.6 is 0 Å². The van der Waals surface area contributed by atoms with E-state index in [0.29, 0.717) is 0 Å². The molecule has 2 heterocycles. The van der Waals surface area contributed by atoms with Gasteiger partial charge in [0.1, 0.15) is 5.54 Å². The molecule has 4 heteroatoms. The third kappa shape index (κ3) is 2.22. The van der Waals surface area contributed by atoms with Crippen LogP contribution in [0.2, 0.25) is 0 Å². The van der Waals surface area contributed by atoms with Crippen LogP contribution in [0.3, 0.4) is 0 Å². The minimum absolute atomic E-state index is 0.173. The second-order valence-electron chi connectivity index (χ2n) is 5.24. The third-order valence-electron chi connectivity index (χ3n) is 4.13. The van der Waals surface area contributed by atoms with Gasteiger partial charge in [-0.3, -0.25) is 4.90 Å².